The number of aryl methyl sites for hydroxylation is 1. The van der Waals surface area contributed by atoms with Crippen LogP contribution in [-0.4, -0.2) is 31.1 Å². The molecule has 2 aliphatic rings. The molecule has 0 N–H and O–H groups in total. The van der Waals surface area contributed by atoms with Crippen molar-refractivity contribution >= 4 is 15.8 Å². The van der Waals surface area contributed by atoms with Gasteiger partial charge in [0.15, 0.2) is 5.78 Å². The van der Waals surface area contributed by atoms with E-state index >= 15 is 0 Å². The number of benzene rings is 1. The minimum atomic E-state index is -3.59. The summed E-state index contributed by atoms with van der Waals surface area (Å²) in [7, 11) is -3.59. The predicted octanol–water partition coefficient (Wildman–Crippen LogP) is 4.55. The molecule has 1 aliphatic heterocycles. The van der Waals surface area contributed by atoms with Crippen molar-refractivity contribution in [2.45, 2.75) is 69.7 Å². The summed E-state index contributed by atoms with van der Waals surface area (Å²) in [6, 6.07) is 6.84. The van der Waals surface area contributed by atoms with Gasteiger partial charge in [0.25, 0.3) is 0 Å². The Hall–Kier alpha value is -1.72. The highest BCUT2D eigenvalue weighted by molar-refractivity contribution is 7.89. The molecule has 0 spiro atoms. The molecule has 146 valence electrons. The van der Waals surface area contributed by atoms with E-state index in [-0.39, 0.29) is 18.4 Å². The molecule has 1 atom stereocenters. The molecule has 4 nitrogen and oxygen atoms in total. The van der Waals surface area contributed by atoms with Gasteiger partial charge in [-0.25, -0.2) is 8.42 Å². The van der Waals surface area contributed by atoms with Crippen molar-refractivity contribution in [3.05, 3.63) is 53.1 Å². The van der Waals surface area contributed by atoms with Crippen molar-refractivity contribution in [3.8, 4) is 0 Å². The van der Waals surface area contributed by atoms with Crippen LogP contribution in [0.5, 0.6) is 0 Å². The second-order valence-corrected chi connectivity index (χ2v) is 9.53. The van der Waals surface area contributed by atoms with Gasteiger partial charge >= 0.3 is 0 Å². The minimum absolute atomic E-state index is 0.0200. The van der Waals surface area contributed by atoms with E-state index in [1.54, 1.807) is 23.4 Å². The summed E-state index contributed by atoms with van der Waals surface area (Å²) in [6.07, 6.45) is 11.2. The molecular formula is C22H29NO3S. The molecule has 5 heteroatoms. The Morgan fingerprint density at radius 2 is 1.70 bits per heavy atom. The molecule has 0 aromatic heterocycles. The summed E-state index contributed by atoms with van der Waals surface area (Å²) in [5.74, 6) is 0.0200. The molecule has 0 saturated carbocycles. The highest BCUT2D eigenvalue weighted by atomic mass is 32.2. The van der Waals surface area contributed by atoms with Crippen molar-refractivity contribution in [1.29, 1.82) is 0 Å². The number of hydrogen-bond donors (Lipinski definition) is 0. The zero-order chi connectivity index (χ0) is 19.4. The number of fused-ring (bicyclic) bond motifs is 1. The van der Waals surface area contributed by atoms with Crippen molar-refractivity contribution in [2.24, 2.45) is 0 Å². The quantitative estimate of drug-likeness (QED) is 0.764. The fourth-order valence-electron chi connectivity index (χ4n) is 3.94. The smallest absolute Gasteiger partial charge is 0.243 e. The lowest BCUT2D eigenvalue weighted by Crippen LogP contribution is -2.36. The first-order valence-electron chi connectivity index (χ1n) is 9.90. The topological polar surface area (TPSA) is 54.5 Å². The number of nitrogens with zero attached hydrogens (tertiary/aromatic N) is 1. The van der Waals surface area contributed by atoms with Gasteiger partial charge in [-0.1, -0.05) is 55.5 Å². The van der Waals surface area contributed by atoms with Gasteiger partial charge in [0, 0.05) is 18.2 Å². The van der Waals surface area contributed by atoms with E-state index in [0.29, 0.717) is 10.5 Å². The number of carbonyl (C=O) groups excluding carboxylic acids is 1. The van der Waals surface area contributed by atoms with Gasteiger partial charge in [-0.15, -0.1) is 0 Å². The molecule has 3 rings (SSSR count). The second kappa shape index (κ2) is 8.53. The molecule has 0 fully saturated rings. The average molecular weight is 388 g/mol. The maximum Gasteiger partial charge on any atom is 0.243 e. The Balaban J connectivity index is 1.95. The summed E-state index contributed by atoms with van der Waals surface area (Å²) in [6.45, 7) is 3.80. The Morgan fingerprint density at radius 3 is 2.41 bits per heavy atom. The van der Waals surface area contributed by atoms with Gasteiger partial charge in [-0.3, -0.25) is 4.79 Å². The van der Waals surface area contributed by atoms with Crippen LogP contribution in [0.3, 0.4) is 0 Å². The predicted molar refractivity (Wildman–Crippen MR) is 108 cm³/mol. The van der Waals surface area contributed by atoms with Crippen LogP contribution in [0.4, 0.5) is 0 Å². The van der Waals surface area contributed by atoms with Crippen LogP contribution in [0.15, 0.2) is 52.5 Å². The third-order valence-electron chi connectivity index (χ3n) is 5.49. The Labute approximate surface area is 163 Å². The van der Waals surface area contributed by atoms with Crippen LogP contribution >= 0.6 is 0 Å². The molecule has 0 radical (unpaired) electrons. The molecule has 27 heavy (non-hydrogen) atoms. The van der Waals surface area contributed by atoms with E-state index in [1.165, 1.54) is 0 Å². The van der Waals surface area contributed by atoms with Crippen LogP contribution in [0.1, 0.15) is 57.4 Å². The lowest BCUT2D eigenvalue weighted by Gasteiger charge is -2.24. The van der Waals surface area contributed by atoms with E-state index in [9.17, 15) is 13.2 Å². The molecule has 1 aromatic rings. The van der Waals surface area contributed by atoms with E-state index in [4.69, 9.17) is 0 Å². The fraction of sp³-hybridized carbons (Fsp3) is 0.500. The number of sulfonamides is 1. The highest BCUT2D eigenvalue weighted by Crippen LogP contribution is 2.32. The lowest BCUT2D eigenvalue weighted by atomic mass is 9.98. The summed E-state index contributed by atoms with van der Waals surface area (Å²) in [5, 5.41) is 0. The number of Topliss-reactive ketones (excluding diaryl/α,β-unsaturated/α-hetero) is 1. The molecular weight excluding hydrogens is 358 g/mol. The van der Waals surface area contributed by atoms with Crippen molar-refractivity contribution in [3.63, 3.8) is 0 Å². The number of hydrogen-bond acceptors (Lipinski definition) is 3. The zero-order valence-electron chi connectivity index (χ0n) is 16.3. The van der Waals surface area contributed by atoms with E-state index in [2.05, 4.69) is 0 Å². The highest BCUT2D eigenvalue weighted by Gasteiger charge is 2.36. The lowest BCUT2D eigenvalue weighted by molar-refractivity contribution is -0.113. The first-order chi connectivity index (χ1) is 12.9. The maximum atomic E-state index is 13.3. The SMILES string of the molecule is CC(=O)/C1=C\CCCCCCCC2C=C1CN2S(=O)(=O)c1ccc(C)cc1. The molecule has 1 aromatic carbocycles. The standard InChI is InChI=1S/C22H29NO3S/c1-17-11-13-21(14-12-17)27(25,26)23-16-19-15-20(23)9-7-5-3-4-6-8-10-22(19)18(2)24/h10-15,20H,3-9,16H2,1-2H3/b22-10+. The van der Waals surface area contributed by atoms with Crippen LogP contribution in [0, 0.1) is 6.92 Å². The first kappa shape index (κ1) is 20.0. The van der Waals surface area contributed by atoms with Crippen molar-refractivity contribution in [1.82, 2.24) is 4.31 Å². The van der Waals surface area contributed by atoms with Crippen molar-refractivity contribution < 1.29 is 13.2 Å². The largest absolute Gasteiger partial charge is 0.295 e. The minimum Gasteiger partial charge on any atom is -0.295 e. The van der Waals surface area contributed by atoms with Crippen LogP contribution in [-0.2, 0) is 14.8 Å². The summed E-state index contributed by atoms with van der Waals surface area (Å²) >= 11 is 0. The Morgan fingerprint density at radius 1 is 1.04 bits per heavy atom. The normalized spacial score (nSPS) is 24.3. The van der Waals surface area contributed by atoms with Crippen LogP contribution in [0.25, 0.3) is 0 Å². The number of allylic oxidation sites excluding steroid dienone is 1. The molecule has 0 saturated heterocycles. The summed E-state index contributed by atoms with van der Waals surface area (Å²) < 4.78 is 28.2. The van der Waals surface area contributed by atoms with Gasteiger partial charge in [-0.2, -0.15) is 4.31 Å². The van der Waals surface area contributed by atoms with E-state index in [0.717, 1.165) is 56.1 Å². The van der Waals surface area contributed by atoms with E-state index < -0.39 is 10.0 Å². The zero-order valence-corrected chi connectivity index (χ0v) is 17.1. The van der Waals surface area contributed by atoms with Crippen LogP contribution in [0.2, 0.25) is 0 Å². The van der Waals surface area contributed by atoms with Gasteiger partial charge in [-0.05, 0) is 50.8 Å². The third kappa shape index (κ3) is 4.58. The Kier molecular flexibility index (Phi) is 6.33. The molecule has 1 heterocycles. The van der Waals surface area contributed by atoms with E-state index in [1.807, 2.05) is 31.2 Å². The van der Waals surface area contributed by atoms with Crippen LogP contribution < -0.4 is 0 Å². The fourth-order valence-corrected chi connectivity index (χ4v) is 5.52. The van der Waals surface area contributed by atoms with Gasteiger partial charge in [0.05, 0.1) is 4.90 Å². The molecule has 1 aliphatic carbocycles. The number of ketones is 1. The average Bonchev–Trinajstić information content (AvgIpc) is 3.04. The number of carbonyl (C=O) groups is 1. The number of rotatable bonds is 3. The summed E-state index contributed by atoms with van der Waals surface area (Å²) in [4.78, 5) is 12.5. The van der Waals surface area contributed by atoms with Crippen molar-refractivity contribution in [2.75, 3.05) is 6.54 Å². The van der Waals surface area contributed by atoms with Gasteiger partial charge < -0.3 is 0 Å². The second-order valence-electron chi connectivity index (χ2n) is 7.64. The van der Waals surface area contributed by atoms with Gasteiger partial charge in [0.2, 0.25) is 10.0 Å². The maximum absolute atomic E-state index is 13.3. The monoisotopic (exact) mass is 387 g/mol. The summed E-state index contributed by atoms with van der Waals surface area (Å²) in [5.41, 5.74) is 2.59. The molecule has 2 bridgehead atoms. The Bertz CT molecular complexity index is 850. The molecule has 0 amide bonds. The third-order valence-corrected chi connectivity index (χ3v) is 7.38. The molecule has 1 unspecified atom stereocenters. The first-order valence-corrected chi connectivity index (χ1v) is 11.3. The van der Waals surface area contributed by atoms with Gasteiger partial charge in [0.1, 0.15) is 0 Å².